The topological polar surface area (TPSA) is 194 Å². The molecule has 1 aromatic carbocycles. The van der Waals surface area contributed by atoms with Gasteiger partial charge in [0.1, 0.15) is 41.8 Å². The van der Waals surface area contributed by atoms with Crippen LogP contribution in [0.5, 0.6) is 5.75 Å². The van der Waals surface area contributed by atoms with Crippen LogP contribution in [0.1, 0.15) is 18.2 Å². The van der Waals surface area contributed by atoms with Gasteiger partial charge in [0.15, 0.2) is 10.8 Å². The Morgan fingerprint density at radius 3 is 2.62 bits per heavy atom. The molecule has 0 aliphatic carbocycles. The molecule has 5 N–H and O–H groups in total. The van der Waals surface area contributed by atoms with Crippen molar-refractivity contribution in [3.63, 3.8) is 0 Å². The highest BCUT2D eigenvalue weighted by molar-refractivity contribution is 8.00. The lowest BCUT2D eigenvalue weighted by Gasteiger charge is -2.49. The van der Waals surface area contributed by atoms with Gasteiger partial charge in [0.2, 0.25) is 0 Å². The SMILES string of the molecule is CC(=O)OCC1=C(C(=O)O)N2C(=O)[C@@H](NC(=O)C(=NOCc3ccc(O)cc3)c3csc(N)n3)[C@H]2SC1. The molecule has 0 saturated carbocycles. The summed E-state index contributed by atoms with van der Waals surface area (Å²) in [6, 6.07) is 5.17. The maximum Gasteiger partial charge on any atom is 0.352 e. The molecule has 13 nitrogen and oxygen atoms in total. The molecule has 1 saturated heterocycles. The van der Waals surface area contributed by atoms with Crippen molar-refractivity contribution in [1.29, 1.82) is 0 Å². The van der Waals surface area contributed by atoms with Crippen LogP contribution in [0.2, 0.25) is 0 Å². The quantitative estimate of drug-likeness (QED) is 0.149. The number of hydrogen-bond acceptors (Lipinski definition) is 12. The lowest BCUT2D eigenvalue weighted by atomic mass is 10.0. The van der Waals surface area contributed by atoms with Crippen molar-refractivity contribution in [3.8, 4) is 5.75 Å². The third kappa shape index (κ3) is 5.67. The van der Waals surface area contributed by atoms with Crippen LogP contribution in [0.3, 0.4) is 0 Å². The van der Waals surface area contributed by atoms with Crippen LogP contribution in [0.25, 0.3) is 0 Å². The van der Waals surface area contributed by atoms with E-state index >= 15 is 0 Å². The van der Waals surface area contributed by atoms with Crippen molar-refractivity contribution in [1.82, 2.24) is 15.2 Å². The van der Waals surface area contributed by atoms with Crippen molar-refractivity contribution in [2.24, 2.45) is 5.16 Å². The van der Waals surface area contributed by atoms with E-state index in [0.29, 0.717) is 5.56 Å². The van der Waals surface area contributed by atoms with Gasteiger partial charge in [-0.25, -0.2) is 9.78 Å². The van der Waals surface area contributed by atoms with E-state index < -0.39 is 35.2 Å². The molecule has 0 radical (unpaired) electrons. The maximum absolute atomic E-state index is 13.1. The van der Waals surface area contributed by atoms with E-state index in [9.17, 15) is 29.4 Å². The highest BCUT2D eigenvalue weighted by Gasteiger charge is 2.54. The number of nitrogen functional groups attached to an aromatic ring is 1. The number of nitrogens with one attached hydrogen (secondary N) is 1. The molecule has 15 heteroatoms. The minimum absolute atomic E-state index is 0.0107. The van der Waals surface area contributed by atoms with Crippen molar-refractivity contribution >= 4 is 57.7 Å². The van der Waals surface area contributed by atoms with Crippen molar-refractivity contribution in [3.05, 3.63) is 52.2 Å². The van der Waals surface area contributed by atoms with Gasteiger partial charge in [0, 0.05) is 23.6 Å². The Kier molecular flexibility index (Phi) is 7.63. The van der Waals surface area contributed by atoms with Gasteiger partial charge in [-0.3, -0.25) is 19.3 Å². The van der Waals surface area contributed by atoms with E-state index in [-0.39, 0.29) is 52.5 Å². The largest absolute Gasteiger partial charge is 0.508 e. The van der Waals surface area contributed by atoms with E-state index in [2.05, 4.69) is 15.5 Å². The number of carboxylic acids is 1. The molecule has 0 bridgehead atoms. The molecular weight excluding hydrogens is 526 g/mol. The Hall–Kier alpha value is -4.11. The molecule has 3 heterocycles. The number of benzene rings is 1. The smallest absolute Gasteiger partial charge is 0.352 e. The Bertz CT molecular complexity index is 1310. The number of thioether (sulfide) groups is 1. The fourth-order valence-electron chi connectivity index (χ4n) is 3.56. The number of carbonyl (C=O) groups excluding carboxylic acids is 3. The van der Waals surface area contributed by atoms with Crippen LogP contribution in [0.4, 0.5) is 5.13 Å². The van der Waals surface area contributed by atoms with Gasteiger partial charge >= 0.3 is 11.9 Å². The molecule has 2 aliphatic rings. The zero-order valence-electron chi connectivity index (χ0n) is 19.2. The normalized spacial score (nSPS) is 19.1. The number of β-lactam (4-membered cyclic amide) rings is 1. The average Bonchev–Trinajstić information content (AvgIpc) is 3.29. The molecule has 2 aliphatic heterocycles. The van der Waals surface area contributed by atoms with Crippen molar-refractivity contribution in [2.75, 3.05) is 18.1 Å². The van der Waals surface area contributed by atoms with Gasteiger partial charge in [0.05, 0.1) is 0 Å². The number of aromatic nitrogens is 1. The van der Waals surface area contributed by atoms with Crippen LogP contribution in [-0.4, -0.2) is 73.3 Å². The summed E-state index contributed by atoms with van der Waals surface area (Å²) >= 11 is 2.31. The fraction of sp³-hybridized carbons (Fsp3) is 0.273. The number of carboxylic acid groups (broad SMARTS) is 1. The zero-order valence-corrected chi connectivity index (χ0v) is 20.9. The summed E-state index contributed by atoms with van der Waals surface area (Å²) in [7, 11) is 0. The first-order valence-electron chi connectivity index (χ1n) is 10.7. The standard InChI is InChI=1S/C22H21N5O8S2/c1-10(28)34-7-12-8-36-20-16(19(31)27(20)17(12)21(32)33)25-18(30)15(14-9-37-22(23)24-14)26-35-6-11-2-4-13(29)5-3-11/h2-5,9,16,20,29H,6-8H2,1H3,(H2,23,24)(H,25,30)(H,32,33)/t16-,20-/m1/s1. The Labute approximate surface area is 217 Å². The molecule has 0 unspecified atom stereocenters. The lowest BCUT2D eigenvalue weighted by Crippen LogP contribution is -2.71. The van der Waals surface area contributed by atoms with Crippen molar-refractivity contribution < 1.29 is 39.0 Å². The first kappa shape index (κ1) is 26.0. The van der Waals surface area contributed by atoms with Crippen LogP contribution in [-0.2, 0) is 35.4 Å². The number of thiazole rings is 1. The summed E-state index contributed by atoms with van der Waals surface area (Å²) in [6.45, 7) is 0.935. The van der Waals surface area contributed by atoms with Gasteiger partial charge in [-0.15, -0.1) is 23.1 Å². The van der Waals surface area contributed by atoms with Crippen LogP contribution < -0.4 is 11.1 Å². The number of ether oxygens (including phenoxy) is 1. The minimum atomic E-state index is -1.34. The van der Waals surface area contributed by atoms with Gasteiger partial charge in [-0.05, 0) is 17.7 Å². The molecule has 1 aromatic heterocycles. The second-order valence-electron chi connectivity index (χ2n) is 7.85. The first-order chi connectivity index (χ1) is 17.7. The highest BCUT2D eigenvalue weighted by atomic mass is 32.2. The Morgan fingerprint density at radius 2 is 2.00 bits per heavy atom. The van der Waals surface area contributed by atoms with E-state index in [0.717, 1.165) is 16.2 Å². The number of nitrogens with zero attached hydrogens (tertiary/aromatic N) is 3. The number of fused-ring (bicyclic) bond motifs is 1. The molecule has 37 heavy (non-hydrogen) atoms. The predicted molar refractivity (Wildman–Crippen MR) is 132 cm³/mol. The maximum atomic E-state index is 13.1. The molecule has 0 spiro atoms. The van der Waals surface area contributed by atoms with E-state index in [1.54, 1.807) is 12.1 Å². The number of phenolic OH excluding ortho intramolecular Hbond substituents is 1. The van der Waals surface area contributed by atoms with Crippen molar-refractivity contribution in [2.45, 2.75) is 24.9 Å². The highest BCUT2D eigenvalue weighted by Crippen LogP contribution is 2.40. The molecule has 2 amide bonds. The second kappa shape index (κ2) is 10.9. The Balaban J connectivity index is 1.49. The summed E-state index contributed by atoms with van der Waals surface area (Å²) in [5.74, 6) is -3.04. The lowest BCUT2D eigenvalue weighted by molar-refractivity contribution is -0.150. The average molecular weight is 548 g/mol. The molecule has 1 fully saturated rings. The van der Waals surface area contributed by atoms with Gasteiger partial charge in [-0.1, -0.05) is 17.3 Å². The first-order valence-corrected chi connectivity index (χ1v) is 12.6. The predicted octanol–water partition coefficient (Wildman–Crippen LogP) is 0.654. The molecule has 2 aromatic rings. The van der Waals surface area contributed by atoms with Gasteiger partial charge in [-0.2, -0.15) is 0 Å². The van der Waals surface area contributed by atoms with E-state index in [1.165, 1.54) is 36.2 Å². The van der Waals surface area contributed by atoms with Crippen LogP contribution >= 0.6 is 23.1 Å². The van der Waals surface area contributed by atoms with Crippen LogP contribution in [0.15, 0.2) is 46.1 Å². The van der Waals surface area contributed by atoms with Gasteiger partial charge in [0.25, 0.3) is 11.8 Å². The number of esters is 1. The molecule has 4 rings (SSSR count). The summed E-state index contributed by atoms with van der Waals surface area (Å²) in [5.41, 5.74) is 6.32. The number of nitrogens with two attached hydrogens (primary N) is 1. The third-order valence-electron chi connectivity index (χ3n) is 5.29. The van der Waals surface area contributed by atoms with Gasteiger partial charge < -0.3 is 30.8 Å². The number of aliphatic carboxylic acids is 1. The van der Waals surface area contributed by atoms with Crippen LogP contribution in [0, 0.1) is 0 Å². The number of aromatic hydroxyl groups is 1. The number of anilines is 1. The molecule has 2 atom stereocenters. The number of rotatable bonds is 9. The fourth-order valence-corrected chi connectivity index (χ4v) is 5.43. The zero-order chi connectivity index (χ0) is 26.7. The van der Waals surface area contributed by atoms with E-state index in [4.69, 9.17) is 15.3 Å². The van der Waals surface area contributed by atoms with E-state index in [1.807, 2.05) is 0 Å². The number of oxime groups is 1. The Morgan fingerprint density at radius 1 is 1.27 bits per heavy atom. The number of carbonyl (C=O) groups is 4. The summed E-state index contributed by atoms with van der Waals surface area (Å²) in [4.78, 5) is 59.5. The number of phenols is 1. The second-order valence-corrected chi connectivity index (χ2v) is 9.84. The molecular formula is C22H21N5O8S2. The summed E-state index contributed by atoms with van der Waals surface area (Å²) < 4.78 is 4.91. The number of amides is 2. The summed E-state index contributed by atoms with van der Waals surface area (Å²) in [5, 5.41) is 26.6. The molecule has 194 valence electrons. The summed E-state index contributed by atoms with van der Waals surface area (Å²) in [6.07, 6.45) is 0. The monoisotopic (exact) mass is 547 g/mol. The third-order valence-corrected chi connectivity index (χ3v) is 7.30. The minimum Gasteiger partial charge on any atom is -0.508 e. The number of hydrogen-bond donors (Lipinski definition) is 4.